The molecule has 0 radical (unpaired) electrons. The second-order valence-electron chi connectivity index (χ2n) is 5.06. The van der Waals surface area contributed by atoms with E-state index in [1.165, 1.54) is 0 Å². The molecule has 0 saturated heterocycles. The lowest BCUT2D eigenvalue weighted by molar-refractivity contribution is -0.139. The smallest absolute Gasteiger partial charge is 0.320 e. The fraction of sp³-hybridized carbons (Fsp3) is 0.467. The van der Waals surface area contributed by atoms with Crippen LogP contribution in [0, 0.1) is 13.8 Å². The van der Waals surface area contributed by atoms with Crippen LogP contribution in [0.25, 0.3) is 0 Å². The first kappa shape index (κ1) is 19.9. The molecule has 6 N–H and O–H groups in total. The molecule has 1 aromatic rings. The van der Waals surface area contributed by atoms with Crippen LogP contribution in [0.1, 0.15) is 23.6 Å². The van der Waals surface area contributed by atoms with E-state index < -0.39 is 24.0 Å². The molecule has 0 aromatic heterocycles. The Morgan fingerprint density at radius 2 is 1.64 bits per heavy atom. The first-order valence-electron chi connectivity index (χ1n) is 6.77. The third kappa shape index (κ3) is 6.55. The minimum absolute atomic E-state index is 0.192. The van der Waals surface area contributed by atoms with Crippen molar-refractivity contribution in [1.29, 1.82) is 0 Å². The minimum Gasteiger partial charge on any atom is -0.508 e. The maximum atomic E-state index is 10.6. The maximum absolute atomic E-state index is 10.6. The minimum atomic E-state index is -1.01. The number of carboxylic acid groups (broad SMARTS) is 2. The van der Waals surface area contributed by atoms with Gasteiger partial charge in [0.1, 0.15) is 17.8 Å². The van der Waals surface area contributed by atoms with Gasteiger partial charge in [0.25, 0.3) is 0 Å². The predicted molar refractivity (Wildman–Crippen MR) is 83.1 cm³/mol. The van der Waals surface area contributed by atoms with E-state index in [9.17, 15) is 14.7 Å². The number of rotatable bonds is 5. The Bertz CT molecular complexity index is 508. The van der Waals surface area contributed by atoms with Gasteiger partial charge in [-0.3, -0.25) is 9.59 Å². The number of hydrogen-bond acceptors (Lipinski definition) is 5. The Balaban J connectivity index is 0.000000534. The molecule has 0 spiro atoms. The van der Waals surface area contributed by atoms with Crippen molar-refractivity contribution >= 4 is 11.9 Å². The Hall–Kier alpha value is -2.12. The van der Waals surface area contributed by atoms with Crippen molar-refractivity contribution in [3.63, 3.8) is 0 Å². The summed E-state index contributed by atoms with van der Waals surface area (Å²) in [5.74, 6) is -1.64. The van der Waals surface area contributed by atoms with Gasteiger partial charge < -0.3 is 26.4 Å². The Morgan fingerprint density at radius 3 is 1.91 bits per heavy atom. The molecule has 0 heterocycles. The molecule has 7 heteroatoms. The molecular weight excluding hydrogens is 288 g/mol. The van der Waals surface area contributed by atoms with Crippen LogP contribution in [0.3, 0.4) is 0 Å². The van der Waals surface area contributed by atoms with Gasteiger partial charge in [-0.15, -0.1) is 0 Å². The van der Waals surface area contributed by atoms with E-state index in [0.717, 1.165) is 16.7 Å². The third-order valence-corrected chi connectivity index (χ3v) is 3.23. The Kier molecular flexibility index (Phi) is 8.14. The van der Waals surface area contributed by atoms with E-state index in [-0.39, 0.29) is 12.2 Å². The summed E-state index contributed by atoms with van der Waals surface area (Å²) in [6.45, 7) is 5.25. The standard InChI is InChI=1S/C11H15NO3.C4H9NO2/c1-6-3-8(13)4-7(2)9(6)5-10(12)11(14)15;1-3(5-2)4(6)7/h3-4,10,13H,5,12H2,1-2H3,(H,14,15);3,5H,1-2H3,(H,6,7). The zero-order chi connectivity index (χ0) is 17.4. The molecule has 2 atom stereocenters. The van der Waals surface area contributed by atoms with Crippen LogP contribution in [0.2, 0.25) is 0 Å². The van der Waals surface area contributed by atoms with Crippen molar-refractivity contribution in [3.8, 4) is 5.75 Å². The quantitative estimate of drug-likeness (QED) is 0.539. The van der Waals surface area contributed by atoms with E-state index >= 15 is 0 Å². The van der Waals surface area contributed by atoms with Gasteiger partial charge in [-0.05, 0) is 63.1 Å². The highest BCUT2D eigenvalue weighted by atomic mass is 16.4. The largest absolute Gasteiger partial charge is 0.508 e. The summed E-state index contributed by atoms with van der Waals surface area (Å²) in [5, 5.41) is 28.7. The number of aliphatic carboxylic acids is 2. The number of carbonyl (C=O) groups is 2. The van der Waals surface area contributed by atoms with Gasteiger partial charge in [0.15, 0.2) is 0 Å². The highest BCUT2D eigenvalue weighted by Gasteiger charge is 2.15. The van der Waals surface area contributed by atoms with Crippen molar-refractivity contribution in [3.05, 3.63) is 28.8 Å². The molecule has 0 aliphatic heterocycles. The average molecular weight is 312 g/mol. The first-order chi connectivity index (χ1) is 10.1. The van der Waals surface area contributed by atoms with Crippen LogP contribution in [0.15, 0.2) is 12.1 Å². The Labute approximate surface area is 129 Å². The van der Waals surface area contributed by atoms with Gasteiger partial charge >= 0.3 is 11.9 Å². The SMILES string of the molecule is CNC(C)C(=O)O.Cc1cc(O)cc(C)c1CC(N)C(=O)O. The summed E-state index contributed by atoms with van der Waals surface area (Å²) in [7, 11) is 1.61. The molecule has 1 rings (SSSR count). The molecular formula is C15H24N2O5. The second-order valence-corrected chi connectivity index (χ2v) is 5.06. The molecule has 0 aliphatic rings. The number of aromatic hydroxyl groups is 1. The summed E-state index contributed by atoms with van der Waals surface area (Å²) in [6, 6.07) is 1.89. The summed E-state index contributed by atoms with van der Waals surface area (Å²) in [6.07, 6.45) is 0.285. The molecule has 0 saturated carbocycles. The maximum Gasteiger partial charge on any atom is 0.320 e. The van der Waals surface area contributed by atoms with Crippen molar-refractivity contribution in [2.24, 2.45) is 5.73 Å². The molecule has 0 bridgehead atoms. The summed E-state index contributed by atoms with van der Waals surface area (Å²) < 4.78 is 0. The first-order valence-corrected chi connectivity index (χ1v) is 6.77. The number of nitrogens with one attached hydrogen (secondary N) is 1. The van der Waals surface area contributed by atoms with Gasteiger partial charge in [-0.1, -0.05) is 0 Å². The van der Waals surface area contributed by atoms with Crippen LogP contribution in [0.4, 0.5) is 0 Å². The zero-order valence-corrected chi connectivity index (χ0v) is 13.3. The topological polar surface area (TPSA) is 133 Å². The summed E-state index contributed by atoms with van der Waals surface area (Å²) in [4.78, 5) is 20.5. The van der Waals surface area contributed by atoms with Gasteiger partial charge in [0, 0.05) is 0 Å². The van der Waals surface area contributed by atoms with Gasteiger partial charge in [0.2, 0.25) is 0 Å². The number of benzene rings is 1. The molecule has 124 valence electrons. The van der Waals surface area contributed by atoms with Gasteiger partial charge in [-0.25, -0.2) is 0 Å². The molecule has 0 aliphatic carbocycles. The number of hydrogen-bond donors (Lipinski definition) is 5. The predicted octanol–water partition coefficient (Wildman–Crippen LogP) is 0.642. The van der Waals surface area contributed by atoms with Crippen LogP contribution >= 0.6 is 0 Å². The molecule has 7 nitrogen and oxygen atoms in total. The van der Waals surface area contributed by atoms with Crippen molar-refractivity contribution in [2.45, 2.75) is 39.3 Å². The van der Waals surface area contributed by atoms with Crippen LogP contribution < -0.4 is 11.1 Å². The molecule has 1 aromatic carbocycles. The van der Waals surface area contributed by atoms with E-state index in [1.807, 2.05) is 13.8 Å². The van der Waals surface area contributed by atoms with Crippen molar-refractivity contribution < 1.29 is 24.9 Å². The normalized spacial score (nSPS) is 12.8. The van der Waals surface area contributed by atoms with E-state index in [4.69, 9.17) is 15.9 Å². The monoisotopic (exact) mass is 312 g/mol. The van der Waals surface area contributed by atoms with Crippen LogP contribution in [0.5, 0.6) is 5.75 Å². The van der Waals surface area contributed by atoms with E-state index in [0.29, 0.717) is 0 Å². The summed E-state index contributed by atoms with van der Waals surface area (Å²) in [5.41, 5.74) is 8.08. The number of phenols is 1. The lowest BCUT2D eigenvalue weighted by Gasteiger charge is -2.12. The van der Waals surface area contributed by atoms with Gasteiger partial charge in [-0.2, -0.15) is 0 Å². The number of likely N-dealkylation sites (N-methyl/N-ethyl adjacent to an activating group) is 1. The third-order valence-electron chi connectivity index (χ3n) is 3.23. The lowest BCUT2D eigenvalue weighted by atomic mass is 9.96. The van der Waals surface area contributed by atoms with Crippen molar-refractivity contribution in [2.75, 3.05) is 7.05 Å². The number of nitrogens with two attached hydrogens (primary N) is 1. The molecule has 2 unspecified atom stereocenters. The van der Waals surface area contributed by atoms with Crippen LogP contribution in [-0.4, -0.2) is 46.4 Å². The van der Waals surface area contributed by atoms with Gasteiger partial charge in [0.05, 0.1) is 0 Å². The highest BCUT2D eigenvalue weighted by Crippen LogP contribution is 2.21. The van der Waals surface area contributed by atoms with Crippen molar-refractivity contribution in [1.82, 2.24) is 5.32 Å². The lowest BCUT2D eigenvalue weighted by Crippen LogP contribution is -2.32. The second kappa shape index (κ2) is 9.01. The van der Waals surface area contributed by atoms with E-state index in [2.05, 4.69) is 5.32 Å². The molecule has 0 amide bonds. The fourth-order valence-corrected chi connectivity index (χ4v) is 1.72. The Morgan fingerprint density at radius 1 is 1.18 bits per heavy atom. The number of carboxylic acids is 2. The summed E-state index contributed by atoms with van der Waals surface area (Å²) >= 11 is 0. The number of phenolic OH excluding ortho intramolecular Hbond substituents is 1. The van der Waals surface area contributed by atoms with Crippen LogP contribution in [-0.2, 0) is 16.0 Å². The molecule has 22 heavy (non-hydrogen) atoms. The number of aryl methyl sites for hydroxylation is 2. The highest BCUT2D eigenvalue weighted by molar-refractivity contribution is 5.73. The average Bonchev–Trinajstić information content (AvgIpc) is 2.41. The zero-order valence-electron chi connectivity index (χ0n) is 13.3. The van der Waals surface area contributed by atoms with E-state index in [1.54, 1.807) is 26.1 Å². The fourth-order valence-electron chi connectivity index (χ4n) is 1.72. The molecule has 0 fully saturated rings.